The Morgan fingerprint density at radius 2 is 0.853 bits per heavy atom. The van der Waals surface area contributed by atoms with Gasteiger partial charge >= 0.3 is 13.8 Å². The number of hydrogen-bond donors (Lipinski definition) is 2. The molecule has 0 rings (SSSR count). The van der Waals surface area contributed by atoms with Gasteiger partial charge in [0.2, 0.25) is 5.91 Å². The highest BCUT2D eigenvalue weighted by Gasteiger charge is 2.30. The van der Waals surface area contributed by atoms with Crippen molar-refractivity contribution in [2.45, 2.75) is 264 Å². The van der Waals surface area contributed by atoms with E-state index in [2.05, 4.69) is 111 Å². The van der Waals surface area contributed by atoms with Crippen molar-refractivity contribution in [1.82, 2.24) is 5.32 Å². The van der Waals surface area contributed by atoms with E-state index in [1.165, 1.54) is 96.3 Å². The third-order valence-electron chi connectivity index (χ3n) is 13.0. The molecule has 3 unspecified atom stereocenters. The molecule has 10 heteroatoms. The van der Waals surface area contributed by atoms with Crippen molar-refractivity contribution in [2.24, 2.45) is 0 Å². The number of amides is 1. The molecule has 3 atom stereocenters. The summed E-state index contributed by atoms with van der Waals surface area (Å²) in [7, 11) is 1.46. The Balaban J connectivity index is 5.32. The van der Waals surface area contributed by atoms with Gasteiger partial charge in [-0.15, -0.1) is 0 Å². The molecule has 2 N–H and O–H groups in total. The van der Waals surface area contributed by atoms with Gasteiger partial charge in [-0.05, 0) is 109 Å². The molecule has 0 aromatic rings. The van der Waals surface area contributed by atoms with Crippen molar-refractivity contribution in [1.29, 1.82) is 0 Å². The summed E-state index contributed by atoms with van der Waals surface area (Å²) in [6.07, 6.45) is 72.6. The van der Waals surface area contributed by atoms with Gasteiger partial charge in [-0.25, -0.2) is 4.57 Å². The Labute approximate surface area is 462 Å². The summed E-state index contributed by atoms with van der Waals surface area (Å²) in [6.45, 7) is 6.85. The van der Waals surface area contributed by atoms with Crippen molar-refractivity contribution >= 4 is 19.7 Å². The van der Waals surface area contributed by atoms with Crippen molar-refractivity contribution in [3.05, 3.63) is 97.2 Å². The van der Waals surface area contributed by atoms with Crippen LogP contribution in [0.25, 0.3) is 0 Å². The van der Waals surface area contributed by atoms with Gasteiger partial charge in [-0.3, -0.25) is 18.6 Å². The lowest BCUT2D eigenvalue weighted by molar-refractivity contribution is -0.870. The van der Waals surface area contributed by atoms with Crippen LogP contribution in [0.4, 0.5) is 0 Å². The third kappa shape index (κ3) is 55.5. The van der Waals surface area contributed by atoms with Gasteiger partial charge < -0.3 is 19.4 Å². The quantitative estimate of drug-likeness (QED) is 0.0205. The molecule has 1 amide bonds. The molecule has 0 aromatic heterocycles. The molecule has 432 valence electrons. The number of ether oxygens (including phenoxy) is 1. The van der Waals surface area contributed by atoms with E-state index in [1.54, 1.807) is 0 Å². The molecule has 0 aliphatic heterocycles. The number of nitrogens with zero attached hydrogens (tertiary/aromatic N) is 1. The second-order valence-corrected chi connectivity index (χ2v) is 22.9. The average molecular weight is 1070 g/mol. The second kappa shape index (κ2) is 54.3. The van der Waals surface area contributed by atoms with E-state index in [-0.39, 0.29) is 31.5 Å². The summed E-state index contributed by atoms with van der Waals surface area (Å²) in [4.78, 5) is 37.6. The third-order valence-corrected chi connectivity index (χ3v) is 14.0. The van der Waals surface area contributed by atoms with E-state index in [4.69, 9.17) is 13.8 Å². The van der Waals surface area contributed by atoms with E-state index >= 15 is 0 Å². The van der Waals surface area contributed by atoms with Gasteiger partial charge in [0.15, 0.2) is 0 Å². The van der Waals surface area contributed by atoms with E-state index in [0.717, 1.165) is 109 Å². The summed E-state index contributed by atoms with van der Waals surface area (Å²) in [5, 5.41) is 3.03. The predicted molar refractivity (Wildman–Crippen MR) is 323 cm³/mol. The van der Waals surface area contributed by atoms with Crippen molar-refractivity contribution in [3.63, 3.8) is 0 Å². The van der Waals surface area contributed by atoms with Crippen molar-refractivity contribution < 1.29 is 37.3 Å². The number of esters is 1. The number of hydrogen-bond acceptors (Lipinski definition) is 6. The minimum absolute atomic E-state index is 0.0283. The fourth-order valence-corrected chi connectivity index (χ4v) is 9.03. The zero-order valence-corrected chi connectivity index (χ0v) is 50.2. The van der Waals surface area contributed by atoms with Crippen LogP contribution >= 0.6 is 7.82 Å². The minimum Gasteiger partial charge on any atom is -0.456 e. The summed E-state index contributed by atoms with van der Waals surface area (Å²) in [5.41, 5.74) is 0. The molecule has 0 aromatic carbocycles. The first-order valence-corrected chi connectivity index (χ1v) is 32.1. The highest BCUT2D eigenvalue weighted by Crippen LogP contribution is 2.43. The molecule has 75 heavy (non-hydrogen) atoms. The fraction of sp³-hybridized carbons (Fsp3) is 0.723. The highest BCUT2D eigenvalue weighted by molar-refractivity contribution is 7.47. The molecule has 0 saturated carbocycles. The Morgan fingerprint density at radius 1 is 0.480 bits per heavy atom. The number of allylic oxidation sites excluding steroid dienone is 15. The van der Waals surface area contributed by atoms with Crippen LogP contribution in [0.1, 0.15) is 252 Å². The fourth-order valence-electron chi connectivity index (χ4n) is 8.29. The van der Waals surface area contributed by atoms with Crippen molar-refractivity contribution in [2.75, 3.05) is 40.9 Å². The first-order chi connectivity index (χ1) is 36.4. The van der Waals surface area contributed by atoms with Gasteiger partial charge in [0, 0.05) is 12.8 Å². The molecule has 0 bridgehead atoms. The zero-order valence-electron chi connectivity index (χ0n) is 49.3. The molecule has 0 spiro atoms. The van der Waals surface area contributed by atoms with Crippen LogP contribution in [0.2, 0.25) is 0 Å². The van der Waals surface area contributed by atoms with Gasteiger partial charge in [-0.1, -0.05) is 227 Å². The molecule has 0 aliphatic rings. The minimum atomic E-state index is -4.46. The topological polar surface area (TPSA) is 111 Å². The second-order valence-electron chi connectivity index (χ2n) is 21.5. The van der Waals surface area contributed by atoms with E-state index in [0.29, 0.717) is 30.3 Å². The molecular formula is C65H116N2O7P+. The molecule has 0 aliphatic carbocycles. The van der Waals surface area contributed by atoms with Gasteiger partial charge in [0.05, 0.1) is 33.8 Å². The van der Waals surface area contributed by atoms with Crippen LogP contribution < -0.4 is 5.32 Å². The number of unbranched alkanes of at least 4 members (excludes halogenated alkanes) is 24. The zero-order chi connectivity index (χ0) is 55.0. The Hall–Kier alpha value is -3.07. The summed E-state index contributed by atoms with van der Waals surface area (Å²) in [5.74, 6) is -0.556. The van der Waals surface area contributed by atoms with Crippen LogP contribution in [-0.4, -0.2) is 74.3 Å². The molecule has 0 heterocycles. The number of phosphoric ester groups is 1. The number of likely N-dealkylation sites (N-methyl/N-ethyl adjacent to an activating group) is 1. The van der Waals surface area contributed by atoms with E-state index < -0.39 is 20.0 Å². The smallest absolute Gasteiger partial charge is 0.456 e. The maximum absolute atomic E-state index is 13.5. The SMILES string of the molecule is CC/C=C\C/C=C\C/C=C\C/C=C\C/C=C\C/C=C\CCCCCCC(=O)NC(COP(=O)(O)OCC[N+](C)(C)C)C(/C=C\CCCCCCCCCCCC)OC(=O)CCCCC/C=C\CCCCCCCCC. The molecule has 0 radical (unpaired) electrons. The largest absolute Gasteiger partial charge is 0.472 e. The first kappa shape index (κ1) is 71.9. The summed E-state index contributed by atoms with van der Waals surface area (Å²) < 4.78 is 30.6. The van der Waals surface area contributed by atoms with Crippen LogP contribution in [0.15, 0.2) is 97.2 Å². The van der Waals surface area contributed by atoms with E-state index in [1.807, 2.05) is 33.3 Å². The monoisotopic (exact) mass is 1070 g/mol. The number of quaternary nitrogens is 1. The summed E-state index contributed by atoms with van der Waals surface area (Å²) in [6, 6.07) is -0.873. The Kier molecular flexibility index (Phi) is 52.1. The predicted octanol–water partition coefficient (Wildman–Crippen LogP) is 18.8. The lowest BCUT2D eigenvalue weighted by atomic mass is 10.0. The lowest BCUT2D eigenvalue weighted by Gasteiger charge is -2.27. The number of phosphoric acid groups is 1. The number of nitrogens with one attached hydrogen (secondary N) is 1. The number of rotatable bonds is 54. The van der Waals surface area contributed by atoms with Crippen LogP contribution in [0, 0.1) is 0 Å². The molecule has 9 nitrogen and oxygen atoms in total. The van der Waals surface area contributed by atoms with Gasteiger partial charge in [0.1, 0.15) is 19.3 Å². The lowest BCUT2D eigenvalue weighted by Crippen LogP contribution is -2.47. The van der Waals surface area contributed by atoms with Crippen LogP contribution in [-0.2, 0) is 27.9 Å². The standard InChI is InChI=1S/C65H115N2O7P/c1-7-10-13-16-19-22-25-28-30-31-32-33-34-35-36-37-38-39-42-45-48-51-54-57-64(68)66-62(61-73-75(70,71)72-60-59-67(4,5)6)63(56-53-50-47-44-41-27-24-21-18-15-12-9-3)74-65(69)58-55-52-49-46-43-40-29-26-23-20-17-14-11-8-2/h10,13,19,22,28,30,32-33,35-36,38-40,43,53,56,62-63H,7-9,11-12,14-18,20-21,23-27,29,31,34,37,41-42,44-52,54-55,57-61H2,1-6H3,(H-,66,68,70,71)/p+1/b13-10-,22-19-,30-28-,33-32-,36-35-,39-38-,43-40-,56-53-. The average Bonchev–Trinajstić information content (AvgIpc) is 3.37. The van der Waals surface area contributed by atoms with Crippen molar-refractivity contribution in [3.8, 4) is 0 Å². The molecular weight excluding hydrogens is 952 g/mol. The Morgan fingerprint density at radius 3 is 1.31 bits per heavy atom. The molecule has 0 fully saturated rings. The normalized spacial score (nSPS) is 14.4. The van der Waals surface area contributed by atoms with Gasteiger partial charge in [0.25, 0.3) is 0 Å². The first-order valence-electron chi connectivity index (χ1n) is 30.6. The van der Waals surface area contributed by atoms with E-state index in [9.17, 15) is 19.0 Å². The van der Waals surface area contributed by atoms with Gasteiger partial charge in [-0.2, -0.15) is 0 Å². The number of carbonyl (C=O) groups excluding carboxylic acids is 2. The highest BCUT2D eigenvalue weighted by atomic mass is 31.2. The Bertz CT molecular complexity index is 1610. The van der Waals surface area contributed by atoms with Crippen LogP contribution in [0.5, 0.6) is 0 Å². The van der Waals surface area contributed by atoms with Crippen LogP contribution in [0.3, 0.4) is 0 Å². The maximum atomic E-state index is 13.5. The summed E-state index contributed by atoms with van der Waals surface area (Å²) >= 11 is 0. The maximum Gasteiger partial charge on any atom is 0.472 e. The molecule has 0 saturated heterocycles. The number of carbonyl (C=O) groups is 2.